The first-order valence-electron chi connectivity index (χ1n) is 9.75. The van der Waals surface area contributed by atoms with Crippen molar-refractivity contribution in [2.45, 2.75) is 32.1 Å². The SMILES string of the molecule is FC(F)(F)c1cn2c(n1)CCC(CNCc1ccccc1N1CCOCC1)C2. The Balaban J connectivity index is 1.33. The molecule has 4 rings (SSSR count). The van der Waals surface area contributed by atoms with Crippen LogP contribution in [-0.4, -0.2) is 42.4 Å². The molecule has 0 spiro atoms. The van der Waals surface area contributed by atoms with Gasteiger partial charge in [-0.15, -0.1) is 0 Å². The lowest BCUT2D eigenvalue weighted by Gasteiger charge is -2.31. The third-order valence-electron chi connectivity index (χ3n) is 5.47. The minimum Gasteiger partial charge on any atom is -0.378 e. The van der Waals surface area contributed by atoms with Crippen LogP contribution in [0, 0.1) is 5.92 Å². The van der Waals surface area contributed by atoms with Gasteiger partial charge in [0.2, 0.25) is 0 Å². The van der Waals surface area contributed by atoms with Gasteiger partial charge in [-0.05, 0) is 30.5 Å². The number of nitrogens with one attached hydrogen (secondary N) is 1. The van der Waals surface area contributed by atoms with E-state index in [-0.39, 0.29) is 0 Å². The van der Waals surface area contributed by atoms with E-state index in [0.29, 0.717) is 24.7 Å². The van der Waals surface area contributed by atoms with E-state index in [1.165, 1.54) is 11.3 Å². The van der Waals surface area contributed by atoms with Gasteiger partial charge >= 0.3 is 6.18 Å². The second-order valence-corrected chi connectivity index (χ2v) is 7.46. The molecule has 2 aliphatic heterocycles. The molecule has 152 valence electrons. The van der Waals surface area contributed by atoms with Crippen LogP contribution in [-0.2, 0) is 30.4 Å². The van der Waals surface area contributed by atoms with Gasteiger partial charge in [-0.1, -0.05) is 18.2 Å². The Morgan fingerprint density at radius 2 is 1.96 bits per heavy atom. The largest absolute Gasteiger partial charge is 0.434 e. The molecule has 5 nitrogen and oxygen atoms in total. The minimum atomic E-state index is -4.37. The van der Waals surface area contributed by atoms with Gasteiger partial charge in [0.25, 0.3) is 0 Å². The van der Waals surface area contributed by atoms with E-state index in [1.54, 1.807) is 4.57 Å². The van der Waals surface area contributed by atoms with Crippen LogP contribution in [0.25, 0.3) is 0 Å². The summed E-state index contributed by atoms with van der Waals surface area (Å²) in [4.78, 5) is 6.09. The third-order valence-corrected chi connectivity index (χ3v) is 5.47. The van der Waals surface area contributed by atoms with Gasteiger partial charge in [0.05, 0.1) is 13.2 Å². The van der Waals surface area contributed by atoms with Crippen LogP contribution in [0.15, 0.2) is 30.5 Å². The smallest absolute Gasteiger partial charge is 0.378 e. The summed E-state index contributed by atoms with van der Waals surface area (Å²) in [5.74, 6) is 0.847. The number of benzene rings is 1. The van der Waals surface area contributed by atoms with Gasteiger partial charge in [-0.2, -0.15) is 13.2 Å². The van der Waals surface area contributed by atoms with Crippen LogP contribution in [0.3, 0.4) is 0 Å². The van der Waals surface area contributed by atoms with Crippen molar-refractivity contribution in [1.82, 2.24) is 14.9 Å². The van der Waals surface area contributed by atoms with Crippen molar-refractivity contribution in [2.24, 2.45) is 5.92 Å². The molecule has 8 heteroatoms. The lowest BCUT2D eigenvalue weighted by atomic mass is 9.99. The summed E-state index contributed by atoms with van der Waals surface area (Å²) in [6.45, 7) is 5.38. The van der Waals surface area contributed by atoms with Gasteiger partial charge in [-0.3, -0.25) is 0 Å². The summed E-state index contributed by atoms with van der Waals surface area (Å²) in [5.41, 5.74) is 1.69. The highest BCUT2D eigenvalue weighted by Gasteiger charge is 2.35. The minimum absolute atomic E-state index is 0.304. The molecule has 2 aromatic rings. The van der Waals surface area contributed by atoms with Crippen molar-refractivity contribution in [2.75, 3.05) is 37.7 Å². The Morgan fingerprint density at radius 1 is 1.18 bits per heavy atom. The van der Waals surface area contributed by atoms with E-state index >= 15 is 0 Å². The average Bonchev–Trinajstić information content (AvgIpc) is 3.13. The maximum Gasteiger partial charge on any atom is 0.434 e. The summed E-state index contributed by atoms with van der Waals surface area (Å²) in [6, 6.07) is 8.36. The fourth-order valence-corrected chi connectivity index (χ4v) is 4.00. The number of morpholine rings is 1. The summed E-state index contributed by atoms with van der Waals surface area (Å²) in [5, 5.41) is 3.50. The van der Waals surface area contributed by atoms with Crippen LogP contribution < -0.4 is 10.2 Å². The number of alkyl halides is 3. The van der Waals surface area contributed by atoms with E-state index in [4.69, 9.17) is 4.74 Å². The first-order valence-corrected chi connectivity index (χ1v) is 9.75. The molecule has 0 radical (unpaired) electrons. The van der Waals surface area contributed by atoms with Crippen LogP contribution >= 0.6 is 0 Å². The van der Waals surface area contributed by atoms with Crippen molar-refractivity contribution in [3.8, 4) is 0 Å². The zero-order valence-corrected chi connectivity index (χ0v) is 15.7. The predicted molar refractivity (Wildman–Crippen MR) is 100 cm³/mol. The molecule has 0 saturated carbocycles. The number of nitrogens with zero attached hydrogens (tertiary/aromatic N) is 3. The van der Waals surface area contributed by atoms with Gasteiger partial charge < -0.3 is 19.5 Å². The molecule has 2 aliphatic rings. The average molecular weight is 394 g/mol. The number of anilines is 1. The number of rotatable bonds is 5. The Bertz CT molecular complexity index is 799. The molecule has 28 heavy (non-hydrogen) atoms. The molecule has 3 heterocycles. The summed E-state index contributed by atoms with van der Waals surface area (Å²) in [6.07, 6.45) is -1.78. The van der Waals surface area contributed by atoms with Gasteiger partial charge in [0.15, 0.2) is 5.69 Å². The van der Waals surface area contributed by atoms with Crippen LogP contribution in [0.2, 0.25) is 0 Å². The van der Waals surface area contributed by atoms with Crippen LogP contribution in [0.5, 0.6) is 0 Å². The number of aryl methyl sites for hydroxylation is 1. The second kappa shape index (κ2) is 8.13. The number of aromatic nitrogens is 2. The third kappa shape index (κ3) is 4.33. The molecule has 1 unspecified atom stereocenters. The van der Waals surface area contributed by atoms with Crippen molar-refractivity contribution >= 4 is 5.69 Å². The van der Waals surface area contributed by atoms with Crippen molar-refractivity contribution in [3.05, 3.63) is 47.5 Å². The van der Waals surface area contributed by atoms with Gasteiger partial charge in [0, 0.05) is 44.5 Å². The summed E-state index contributed by atoms with van der Waals surface area (Å²) < 4.78 is 45.7. The Morgan fingerprint density at radius 3 is 2.75 bits per heavy atom. The Labute approximate surface area is 162 Å². The molecule has 1 atom stereocenters. The van der Waals surface area contributed by atoms with E-state index in [0.717, 1.165) is 52.0 Å². The number of halogens is 3. The maximum absolute atomic E-state index is 12.9. The molecule has 1 saturated heterocycles. The van der Waals surface area contributed by atoms with E-state index in [1.807, 2.05) is 12.1 Å². The van der Waals surface area contributed by atoms with Crippen molar-refractivity contribution < 1.29 is 17.9 Å². The molecule has 0 aliphatic carbocycles. The number of hydrogen-bond acceptors (Lipinski definition) is 4. The predicted octanol–water partition coefficient (Wildman–Crippen LogP) is 3.09. The number of imidazole rings is 1. The number of hydrogen-bond donors (Lipinski definition) is 1. The summed E-state index contributed by atoms with van der Waals surface area (Å²) >= 11 is 0. The van der Waals surface area contributed by atoms with Crippen molar-refractivity contribution in [3.63, 3.8) is 0 Å². The van der Waals surface area contributed by atoms with Crippen LogP contribution in [0.1, 0.15) is 23.5 Å². The first kappa shape index (κ1) is 19.3. The second-order valence-electron chi connectivity index (χ2n) is 7.46. The zero-order valence-electron chi connectivity index (χ0n) is 15.7. The molecule has 1 aromatic carbocycles. The standard InChI is InChI=1S/C20H25F3N4O/c21-20(22,23)18-14-27-13-15(5-6-19(27)25-18)11-24-12-16-3-1-2-4-17(16)26-7-9-28-10-8-26/h1-4,14-15,24H,5-13H2. The highest BCUT2D eigenvalue weighted by molar-refractivity contribution is 5.53. The molecule has 0 amide bonds. The highest BCUT2D eigenvalue weighted by Crippen LogP contribution is 2.30. The first-order chi connectivity index (χ1) is 13.5. The molecular weight excluding hydrogens is 369 g/mol. The van der Waals surface area contributed by atoms with Crippen molar-refractivity contribution in [1.29, 1.82) is 0 Å². The fraction of sp³-hybridized carbons (Fsp3) is 0.550. The Kier molecular flexibility index (Phi) is 5.59. The van der Waals surface area contributed by atoms with Gasteiger partial charge in [-0.25, -0.2) is 4.98 Å². The van der Waals surface area contributed by atoms with Crippen LogP contribution in [0.4, 0.5) is 18.9 Å². The zero-order chi connectivity index (χ0) is 19.6. The number of fused-ring (bicyclic) bond motifs is 1. The monoisotopic (exact) mass is 394 g/mol. The summed E-state index contributed by atoms with van der Waals surface area (Å²) in [7, 11) is 0. The Hall–Kier alpha value is -2.06. The molecule has 1 fully saturated rings. The van der Waals surface area contributed by atoms with E-state index in [9.17, 15) is 13.2 Å². The number of para-hydroxylation sites is 1. The van der Waals surface area contributed by atoms with E-state index in [2.05, 4.69) is 27.3 Å². The highest BCUT2D eigenvalue weighted by atomic mass is 19.4. The molecule has 1 N–H and O–H groups in total. The molecule has 0 bridgehead atoms. The fourth-order valence-electron chi connectivity index (χ4n) is 4.00. The topological polar surface area (TPSA) is 42.3 Å². The van der Waals surface area contributed by atoms with E-state index < -0.39 is 11.9 Å². The maximum atomic E-state index is 12.9. The number of ether oxygens (including phenoxy) is 1. The molecule has 1 aromatic heterocycles. The quantitative estimate of drug-likeness (QED) is 0.846. The lowest BCUT2D eigenvalue weighted by Crippen LogP contribution is -2.37. The van der Waals surface area contributed by atoms with Gasteiger partial charge in [0.1, 0.15) is 5.82 Å². The normalized spacial score (nSPS) is 20.2. The lowest BCUT2D eigenvalue weighted by molar-refractivity contribution is -0.141. The molecular formula is C20H25F3N4O.